The van der Waals surface area contributed by atoms with Crippen LogP contribution in [-0.2, 0) is 6.54 Å². The third kappa shape index (κ3) is 8.36. The number of halogens is 1. The Morgan fingerprint density at radius 3 is 2.55 bits per heavy atom. The van der Waals surface area contributed by atoms with Gasteiger partial charge >= 0.3 is 0 Å². The van der Waals surface area contributed by atoms with Gasteiger partial charge in [0.05, 0.1) is 6.61 Å². The predicted octanol–water partition coefficient (Wildman–Crippen LogP) is 5.11. The molecule has 0 saturated heterocycles. The molecule has 0 fully saturated rings. The van der Waals surface area contributed by atoms with Gasteiger partial charge in [-0.1, -0.05) is 25.5 Å². The van der Waals surface area contributed by atoms with Crippen LogP contribution in [0.15, 0.2) is 36.7 Å². The minimum absolute atomic E-state index is 0.306. The van der Waals surface area contributed by atoms with Crippen molar-refractivity contribution >= 4 is 0 Å². The Hall–Kier alpha value is -2.21. The maximum Gasteiger partial charge on any atom is 0.237 e. The first-order valence-electron chi connectivity index (χ1n) is 10.3. The second-order valence-corrected chi connectivity index (χ2v) is 8.42. The zero-order valence-corrected chi connectivity index (χ0v) is 18.3. The maximum atomic E-state index is 13.7. The molecule has 0 aliphatic heterocycles. The first-order valence-corrected chi connectivity index (χ1v) is 10.3. The smallest absolute Gasteiger partial charge is 0.237 e. The summed E-state index contributed by atoms with van der Waals surface area (Å²) in [6.07, 6.45) is 6.43. The van der Waals surface area contributed by atoms with E-state index < -0.39 is 0 Å². The van der Waals surface area contributed by atoms with Gasteiger partial charge < -0.3 is 14.4 Å². The molecule has 0 aliphatic carbocycles. The van der Waals surface area contributed by atoms with Crippen molar-refractivity contribution in [3.05, 3.63) is 48.2 Å². The molecular formula is C23H34FN3O2. The fraction of sp³-hybridized carbons (Fsp3) is 0.565. The molecule has 29 heavy (non-hydrogen) atoms. The summed E-state index contributed by atoms with van der Waals surface area (Å²) in [6, 6.07) is 6.56. The number of ether oxygens (including phenoxy) is 2. The highest BCUT2D eigenvalue weighted by molar-refractivity contribution is 5.23. The summed E-state index contributed by atoms with van der Waals surface area (Å²) in [5.41, 5.74) is 0.537. The van der Waals surface area contributed by atoms with Crippen LogP contribution in [0.5, 0.6) is 11.6 Å². The molecule has 2 aromatic rings. The van der Waals surface area contributed by atoms with Crippen LogP contribution in [0.4, 0.5) is 4.39 Å². The van der Waals surface area contributed by atoms with Crippen LogP contribution in [0.25, 0.3) is 0 Å². The molecule has 160 valence electrons. The summed E-state index contributed by atoms with van der Waals surface area (Å²) in [4.78, 5) is 11.0. The van der Waals surface area contributed by atoms with Crippen molar-refractivity contribution in [2.24, 2.45) is 5.92 Å². The van der Waals surface area contributed by atoms with E-state index in [-0.39, 0.29) is 11.4 Å². The van der Waals surface area contributed by atoms with Crippen LogP contribution in [0, 0.1) is 11.7 Å². The predicted molar refractivity (Wildman–Crippen MR) is 114 cm³/mol. The van der Waals surface area contributed by atoms with Gasteiger partial charge in [-0.3, -0.25) is 4.98 Å². The van der Waals surface area contributed by atoms with E-state index in [1.807, 2.05) is 20.8 Å². The van der Waals surface area contributed by atoms with E-state index in [0.29, 0.717) is 30.7 Å². The summed E-state index contributed by atoms with van der Waals surface area (Å²) in [5, 5.41) is 0. The van der Waals surface area contributed by atoms with E-state index in [4.69, 9.17) is 9.47 Å². The first kappa shape index (κ1) is 23.1. The van der Waals surface area contributed by atoms with Gasteiger partial charge in [-0.2, -0.15) is 0 Å². The molecule has 0 aliphatic rings. The standard InChI is InChI=1S/C23H34FN3O2/c1-6-18(17-28-21-12-8-7-11-19(21)24)10-9-15-27(5)16-20-22(26-14-13-25-20)29-23(2,3)4/h7-8,11-14,18H,6,9-10,15-17H2,1-5H3. The molecule has 1 unspecified atom stereocenters. The van der Waals surface area contributed by atoms with Gasteiger partial charge in [0.25, 0.3) is 0 Å². The van der Waals surface area contributed by atoms with Crippen LogP contribution in [-0.4, -0.2) is 40.7 Å². The van der Waals surface area contributed by atoms with Crippen molar-refractivity contribution in [2.45, 2.75) is 59.1 Å². The molecule has 1 heterocycles. The lowest BCUT2D eigenvalue weighted by Crippen LogP contribution is -2.26. The molecule has 0 amide bonds. The maximum absolute atomic E-state index is 13.7. The Kier molecular flexibility index (Phi) is 8.83. The summed E-state index contributed by atoms with van der Waals surface area (Å²) in [7, 11) is 2.08. The van der Waals surface area contributed by atoms with Gasteiger partial charge in [0, 0.05) is 18.9 Å². The largest absolute Gasteiger partial charge is 0.490 e. The number of hydrogen-bond donors (Lipinski definition) is 0. The van der Waals surface area contributed by atoms with Gasteiger partial charge in [0.2, 0.25) is 5.88 Å². The van der Waals surface area contributed by atoms with Crippen molar-refractivity contribution in [1.82, 2.24) is 14.9 Å². The summed E-state index contributed by atoms with van der Waals surface area (Å²) in [6.45, 7) is 10.3. The highest BCUT2D eigenvalue weighted by atomic mass is 19.1. The molecule has 0 spiro atoms. The van der Waals surface area contributed by atoms with E-state index in [1.54, 1.807) is 30.6 Å². The number of aromatic nitrogens is 2. The van der Waals surface area contributed by atoms with Crippen LogP contribution >= 0.6 is 0 Å². The second-order valence-electron chi connectivity index (χ2n) is 8.42. The molecule has 1 aromatic heterocycles. The first-order chi connectivity index (χ1) is 13.8. The highest BCUT2D eigenvalue weighted by Gasteiger charge is 2.17. The van der Waals surface area contributed by atoms with E-state index in [9.17, 15) is 4.39 Å². The van der Waals surface area contributed by atoms with Gasteiger partial charge in [0.1, 0.15) is 11.3 Å². The zero-order valence-electron chi connectivity index (χ0n) is 18.3. The number of benzene rings is 1. The number of hydrogen-bond acceptors (Lipinski definition) is 5. The van der Waals surface area contributed by atoms with Crippen LogP contribution in [0.3, 0.4) is 0 Å². The molecule has 0 radical (unpaired) electrons. The summed E-state index contributed by atoms with van der Waals surface area (Å²) < 4.78 is 25.3. The minimum Gasteiger partial charge on any atom is -0.490 e. The molecule has 5 nitrogen and oxygen atoms in total. The summed E-state index contributed by atoms with van der Waals surface area (Å²) in [5.74, 6) is 1.02. The molecule has 1 aromatic carbocycles. The SMILES string of the molecule is CCC(CCCN(C)Cc1nccnc1OC(C)(C)C)COc1ccccc1F. The van der Waals surface area contributed by atoms with E-state index in [0.717, 1.165) is 31.5 Å². The Labute approximate surface area is 174 Å². The lowest BCUT2D eigenvalue weighted by Gasteiger charge is -2.23. The monoisotopic (exact) mass is 403 g/mol. The van der Waals surface area contributed by atoms with Gasteiger partial charge in [-0.05, 0) is 65.3 Å². The van der Waals surface area contributed by atoms with Gasteiger partial charge in [-0.25, -0.2) is 9.37 Å². The van der Waals surface area contributed by atoms with Crippen molar-refractivity contribution in [1.29, 1.82) is 0 Å². The Morgan fingerprint density at radius 2 is 1.86 bits per heavy atom. The Bertz CT molecular complexity index is 749. The van der Waals surface area contributed by atoms with Gasteiger partial charge in [-0.15, -0.1) is 0 Å². The molecule has 0 bridgehead atoms. The van der Waals surface area contributed by atoms with Crippen LogP contribution in [0.2, 0.25) is 0 Å². The normalized spacial score (nSPS) is 12.8. The number of para-hydroxylation sites is 1. The Morgan fingerprint density at radius 1 is 1.14 bits per heavy atom. The number of rotatable bonds is 11. The topological polar surface area (TPSA) is 47.5 Å². The highest BCUT2D eigenvalue weighted by Crippen LogP contribution is 2.21. The van der Waals surface area contributed by atoms with Crippen molar-refractivity contribution in [3.63, 3.8) is 0 Å². The summed E-state index contributed by atoms with van der Waals surface area (Å²) >= 11 is 0. The van der Waals surface area contributed by atoms with E-state index in [2.05, 4.69) is 28.8 Å². The van der Waals surface area contributed by atoms with Crippen LogP contribution in [0.1, 0.15) is 52.7 Å². The van der Waals surface area contributed by atoms with E-state index >= 15 is 0 Å². The average molecular weight is 404 g/mol. The second kappa shape index (κ2) is 11.1. The zero-order chi connectivity index (χ0) is 21.3. The van der Waals surface area contributed by atoms with Crippen molar-refractivity contribution < 1.29 is 13.9 Å². The Balaban J connectivity index is 1.78. The molecular weight excluding hydrogens is 369 g/mol. The quantitative estimate of drug-likeness (QED) is 0.522. The van der Waals surface area contributed by atoms with Crippen molar-refractivity contribution in [2.75, 3.05) is 20.2 Å². The minimum atomic E-state index is -0.310. The average Bonchev–Trinajstić information content (AvgIpc) is 2.66. The fourth-order valence-corrected chi connectivity index (χ4v) is 3.00. The van der Waals surface area contributed by atoms with Crippen molar-refractivity contribution in [3.8, 4) is 11.6 Å². The van der Waals surface area contributed by atoms with E-state index in [1.165, 1.54) is 6.07 Å². The van der Waals surface area contributed by atoms with Gasteiger partial charge in [0.15, 0.2) is 11.6 Å². The third-order valence-corrected chi connectivity index (χ3v) is 4.60. The molecule has 6 heteroatoms. The van der Waals surface area contributed by atoms with Crippen LogP contribution < -0.4 is 9.47 Å². The third-order valence-electron chi connectivity index (χ3n) is 4.60. The lowest BCUT2D eigenvalue weighted by atomic mass is 10.0. The molecule has 0 N–H and O–H groups in total. The lowest BCUT2D eigenvalue weighted by molar-refractivity contribution is 0.119. The molecule has 2 rings (SSSR count). The number of nitrogens with zero attached hydrogens (tertiary/aromatic N) is 3. The fourth-order valence-electron chi connectivity index (χ4n) is 3.00. The molecule has 1 atom stereocenters. The molecule has 0 saturated carbocycles.